The second-order valence-electron chi connectivity index (χ2n) is 6.88. The number of hydrogen-bond acceptors (Lipinski definition) is 6. The lowest BCUT2D eigenvalue weighted by atomic mass is 9.95. The van der Waals surface area contributed by atoms with Crippen molar-refractivity contribution >= 4 is 5.91 Å². The molecule has 1 amide bonds. The molecule has 0 saturated carbocycles. The third kappa shape index (κ3) is 4.14. The number of piperidine rings is 1. The Morgan fingerprint density at radius 3 is 2.93 bits per heavy atom. The van der Waals surface area contributed by atoms with Crippen molar-refractivity contribution in [3.63, 3.8) is 0 Å². The maximum Gasteiger partial charge on any atom is 0.274 e. The van der Waals surface area contributed by atoms with Crippen LogP contribution < -0.4 is 4.74 Å². The lowest BCUT2D eigenvalue weighted by Gasteiger charge is -2.32. The Labute approximate surface area is 163 Å². The van der Waals surface area contributed by atoms with Crippen molar-refractivity contribution in [3.05, 3.63) is 72.2 Å². The van der Waals surface area contributed by atoms with E-state index in [-0.39, 0.29) is 11.8 Å². The van der Waals surface area contributed by atoms with Gasteiger partial charge in [-0.15, -0.1) is 0 Å². The fourth-order valence-corrected chi connectivity index (χ4v) is 3.38. The number of benzene rings is 1. The van der Waals surface area contributed by atoms with Gasteiger partial charge in [0.1, 0.15) is 11.4 Å². The molecule has 4 rings (SSSR count). The standard InChI is InChI=1S/C21H21N5O2/c1-15-4-2-6-17(10-15)28-20-13-23-11-18(25-20)16-5-3-9-26(14-16)21(27)19-12-22-7-8-24-19/h2,4,6-8,10-13,16H,3,5,9,14H2,1H3/t16-/m0/s1. The van der Waals surface area contributed by atoms with E-state index in [1.807, 2.05) is 36.1 Å². The van der Waals surface area contributed by atoms with Crippen LogP contribution in [0.15, 0.2) is 55.2 Å². The van der Waals surface area contributed by atoms with Gasteiger partial charge in [0.05, 0.1) is 18.1 Å². The number of rotatable bonds is 4. The van der Waals surface area contributed by atoms with E-state index in [0.717, 1.165) is 29.8 Å². The predicted octanol–water partition coefficient (Wildman–Crippen LogP) is 3.39. The molecule has 1 fully saturated rings. The van der Waals surface area contributed by atoms with Crippen LogP contribution in [-0.2, 0) is 0 Å². The van der Waals surface area contributed by atoms with Crippen molar-refractivity contribution in [1.82, 2.24) is 24.8 Å². The van der Waals surface area contributed by atoms with E-state index < -0.39 is 0 Å². The van der Waals surface area contributed by atoms with E-state index >= 15 is 0 Å². The first-order valence-electron chi connectivity index (χ1n) is 9.31. The second kappa shape index (κ2) is 8.12. The summed E-state index contributed by atoms with van der Waals surface area (Å²) in [5, 5.41) is 0. The smallest absolute Gasteiger partial charge is 0.274 e. The highest BCUT2D eigenvalue weighted by Gasteiger charge is 2.27. The summed E-state index contributed by atoms with van der Waals surface area (Å²) < 4.78 is 5.86. The molecule has 2 aromatic heterocycles. The zero-order valence-corrected chi connectivity index (χ0v) is 15.7. The highest BCUT2D eigenvalue weighted by atomic mass is 16.5. The number of carbonyl (C=O) groups is 1. The average molecular weight is 375 g/mol. The number of hydrogen-bond donors (Lipinski definition) is 0. The number of aromatic nitrogens is 4. The Morgan fingerprint density at radius 2 is 2.11 bits per heavy atom. The van der Waals surface area contributed by atoms with Gasteiger partial charge in [-0.1, -0.05) is 12.1 Å². The molecule has 7 nitrogen and oxygen atoms in total. The highest BCUT2D eigenvalue weighted by molar-refractivity contribution is 5.92. The Hall–Kier alpha value is -3.35. The summed E-state index contributed by atoms with van der Waals surface area (Å²) in [4.78, 5) is 31.5. The topological polar surface area (TPSA) is 81.1 Å². The molecule has 3 aromatic rings. The summed E-state index contributed by atoms with van der Waals surface area (Å²) >= 11 is 0. The summed E-state index contributed by atoms with van der Waals surface area (Å²) in [7, 11) is 0. The number of aryl methyl sites for hydroxylation is 1. The van der Waals surface area contributed by atoms with E-state index in [1.165, 1.54) is 12.4 Å². The molecule has 0 N–H and O–H groups in total. The van der Waals surface area contributed by atoms with Crippen molar-refractivity contribution in [1.29, 1.82) is 0 Å². The minimum atomic E-state index is -0.0991. The molecule has 1 aliphatic heterocycles. The molecule has 0 unspecified atom stereocenters. The van der Waals surface area contributed by atoms with E-state index in [0.29, 0.717) is 24.7 Å². The van der Waals surface area contributed by atoms with E-state index in [1.54, 1.807) is 18.6 Å². The molecule has 142 valence electrons. The molecule has 3 heterocycles. The molecule has 1 aliphatic rings. The van der Waals surface area contributed by atoms with Crippen molar-refractivity contribution in [3.8, 4) is 11.6 Å². The van der Waals surface area contributed by atoms with Gasteiger partial charge in [0, 0.05) is 37.6 Å². The molecule has 0 aliphatic carbocycles. The average Bonchev–Trinajstić information content (AvgIpc) is 2.74. The van der Waals surface area contributed by atoms with Gasteiger partial charge >= 0.3 is 0 Å². The number of likely N-dealkylation sites (tertiary alicyclic amines) is 1. The maximum atomic E-state index is 12.7. The summed E-state index contributed by atoms with van der Waals surface area (Å²) in [5.74, 6) is 1.20. The zero-order valence-electron chi connectivity index (χ0n) is 15.7. The summed E-state index contributed by atoms with van der Waals surface area (Å²) in [6.07, 6.45) is 9.81. The van der Waals surface area contributed by atoms with E-state index in [9.17, 15) is 4.79 Å². The molecule has 0 spiro atoms. The monoisotopic (exact) mass is 375 g/mol. The largest absolute Gasteiger partial charge is 0.437 e. The molecular formula is C21H21N5O2. The number of nitrogens with zero attached hydrogens (tertiary/aromatic N) is 5. The molecule has 0 radical (unpaired) electrons. The number of carbonyl (C=O) groups excluding carboxylic acids is 1. The molecule has 1 saturated heterocycles. The number of amides is 1. The molecular weight excluding hydrogens is 354 g/mol. The van der Waals surface area contributed by atoms with Crippen LogP contribution >= 0.6 is 0 Å². The van der Waals surface area contributed by atoms with Crippen LogP contribution in [0.3, 0.4) is 0 Å². The third-order valence-electron chi connectivity index (χ3n) is 4.75. The summed E-state index contributed by atoms with van der Waals surface area (Å²) in [6.45, 7) is 3.30. The molecule has 1 aromatic carbocycles. The van der Waals surface area contributed by atoms with Crippen molar-refractivity contribution in [2.75, 3.05) is 13.1 Å². The van der Waals surface area contributed by atoms with Crippen LogP contribution in [0, 0.1) is 6.92 Å². The van der Waals surface area contributed by atoms with E-state index in [4.69, 9.17) is 4.74 Å². The third-order valence-corrected chi connectivity index (χ3v) is 4.75. The Kier molecular flexibility index (Phi) is 5.23. The van der Waals surface area contributed by atoms with Gasteiger partial charge in [-0.3, -0.25) is 14.8 Å². The summed E-state index contributed by atoms with van der Waals surface area (Å²) in [6, 6.07) is 7.80. The van der Waals surface area contributed by atoms with Gasteiger partial charge < -0.3 is 9.64 Å². The lowest BCUT2D eigenvalue weighted by Crippen LogP contribution is -2.39. The Bertz CT molecular complexity index is 964. The second-order valence-corrected chi connectivity index (χ2v) is 6.88. The summed E-state index contributed by atoms with van der Waals surface area (Å²) in [5.41, 5.74) is 2.32. The van der Waals surface area contributed by atoms with Gasteiger partial charge in [-0.25, -0.2) is 9.97 Å². The van der Waals surface area contributed by atoms with Crippen LogP contribution in [0.25, 0.3) is 0 Å². The maximum absolute atomic E-state index is 12.7. The highest BCUT2D eigenvalue weighted by Crippen LogP contribution is 2.28. The fourth-order valence-electron chi connectivity index (χ4n) is 3.38. The molecule has 7 heteroatoms. The zero-order chi connectivity index (χ0) is 19.3. The van der Waals surface area contributed by atoms with Crippen LogP contribution in [-0.4, -0.2) is 43.8 Å². The van der Waals surface area contributed by atoms with E-state index in [2.05, 4.69) is 19.9 Å². The van der Waals surface area contributed by atoms with Gasteiger partial charge in [-0.05, 0) is 37.5 Å². The molecule has 1 atom stereocenters. The quantitative estimate of drug-likeness (QED) is 0.695. The lowest BCUT2D eigenvalue weighted by molar-refractivity contribution is 0.0699. The van der Waals surface area contributed by atoms with Crippen molar-refractivity contribution in [2.45, 2.75) is 25.7 Å². The Morgan fingerprint density at radius 1 is 1.18 bits per heavy atom. The van der Waals surface area contributed by atoms with Crippen LogP contribution in [0.2, 0.25) is 0 Å². The number of ether oxygens (including phenoxy) is 1. The normalized spacial score (nSPS) is 16.6. The first kappa shape index (κ1) is 18.0. The van der Waals surface area contributed by atoms with Gasteiger partial charge in [0.25, 0.3) is 5.91 Å². The predicted molar refractivity (Wildman–Crippen MR) is 103 cm³/mol. The molecule has 28 heavy (non-hydrogen) atoms. The first-order valence-corrected chi connectivity index (χ1v) is 9.31. The Balaban J connectivity index is 1.48. The molecule has 0 bridgehead atoms. The SMILES string of the molecule is Cc1cccc(Oc2cncc([C@H]3CCCN(C(=O)c4cnccn4)C3)n2)c1. The minimum Gasteiger partial charge on any atom is -0.437 e. The van der Waals surface area contributed by atoms with Crippen molar-refractivity contribution < 1.29 is 9.53 Å². The van der Waals surface area contributed by atoms with Crippen LogP contribution in [0.5, 0.6) is 11.6 Å². The minimum absolute atomic E-state index is 0.0991. The van der Waals surface area contributed by atoms with Crippen molar-refractivity contribution in [2.24, 2.45) is 0 Å². The van der Waals surface area contributed by atoms with Crippen LogP contribution in [0.4, 0.5) is 0 Å². The van der Waals surface area contributed by atoms with Gasteiger partial charge in [-0.2, -0.15) is 0 Å². The first-order chi connectivity index (χ1) is 13.7. The van der Waals surface area contributed by atoms with Gasteiger partial charge in [0.15, 0.2) is 0 Å². The van der Waals surface area contributed by atoms with Gasteiger partial charge in [0.2, 0.25) is 5.88 Å². The fraction of sp³-hybridized carbons (Fsp3) is 0.286. The van der Waals surface area contributed by atoms with Crippen LogP contribution in [0.1, 0.15) is 40.5 Å².